The Kier molecular flexibility index (Phi) is 3.24. The van der Waals surface area contributed by atoms with Gasteiger partial charge in [0.2, 0.25) is 0 Å². The Morgan fingerprint density at radius 2 is 1.30 bits per heavy atom. The second kappa shape index (κ2) is 4.00. The Hall–Kier alpha value is 0. The monoisotopic (exact) mass is 140 g/mol. The molecule has 0 radical (unpaired) electrons. The fraction of sp³-hybridized carbons (Fsp3) is 1.00. The number of hydrogen-bond acceptors (Lipinski definition) is 0. The molecule has 0 bridgehead atoms. The number of hydrogen-bond donors (Lipinski definition) is 0. The minimum Gasteiger partial charge on any atom is -0.0625 e. The largest absolute Gasteiger partial charge is 0.0625 e. The molecular formula is C10H20. The first-order valence-electron chi connectivity index (χ1n) is 4.79. The Labute approximate surface area is 65.0 Å². The summed E-state index contributed by atoms with van der Waals surface area (Å²) >= 11 is 0. The van der Waals surface area contributed by atoms with Crippen LogP contribution in [-0.4, -0.2) is 0 Å². The summed E-state index contributed by atoms with van der Waals surface area (Å²) in [5, 5.41) is 0. The highest BCUT2D eigenvalue weighted by Gasteiger charge is 2.11. The zero-order chi connectivity index (χ0) is 7.40. The van der Waals surface area contributed by atoms with E-state index in [1.54, 1.807) is 0 Å². The van der Waals surface area contributed by atoms with Crippen LogP contribution >= 0.6 is 0 Å². The molecule has 0 unspecified atom stereocenters. The van der Waals surface area contributed by atoms with Crippen LogP contribution in [0.1, 0.15) is 52.4 Å². The van der Waals surface area contributed by atoms with Gasteiger partial charge in [-0.05, 0) is 18.3 Å². The molecule has 0 amide bonds. The molecule has 0 aromatic heterocycles. The van der Waals surface area contributed by atoms with Crippen LogP contribution in [0, 0.1) is 11.8 Å². The van der Waals surface area contributed by atoms with Gasteiger partial charge in [-0.15, -0.1) is 0 Å². The fourth-order valence-electron chi connectivity index (χ4n) is 2.08. The van der Waals surface area contributed by atoms with Gasteiger partial charge in [0.25, 0.3) is 0 Å². The van der Waals surface area contributed by atoms with Crippen LogP contribution in [0.5, 0.6) is 0 Å². The summed E-state index contributed by atoms with van der Waals surface area (Å²) in [7, 11) is 0. The summed E-state index contributed by atoms with van der Waals surface area (Å²) in [4.78, 5) is 0. The minimum atomic E-state index is 0.996. The van der Waals surface area contributed by atoms with Crippen molar-refractivity contribution < 1.29 is 0 Å². The van der Waals surface area contributed by atoms with Crippen molar-refractivity contribution in [3.05, 3.63) is 0 Å². The van der Waals surface area contributed by atoms with Crippen molar-refractivity contribution in [2.45, 2.75) is 52.4 Å². The lowest BCUT2D eigenvalue weighted by Gasteiger charge is -2.20. The predicted octanol–water partition coefficient (Wildman–Crippen LogP) is 3.61. The van der Waals surface area contributed by atoms with Gasteiger partial charge in [-0.2, -0.15) is 0 Å². The van der Waals surface area contributed by atoms with E-state index in [0.29, 0.717) is 0 Å². The molecule has 1 aliphatic carbocycles. The molecule has 1 saturated carbocycles. The van der Waals surface area contributed by atoms with Crippen LogP contribution in [0.15, 0.2) is 0 Å². The normalized spacial score (nSPS) is 36.6. The molecule has 0 nitrogen and oxygen atoms in total. The molecule has 0 aliphatic heterocycles. The highest BCUT2D eigenvalue weighted by atomic mass is 14.2. The van der Waals surface area contributed by atoms with Crippen molar-refractivity contribution >= 4 is 0 Å². The molecule has 0 aromatic carbocycles. The molecule has 1 fully saturated rings. The van der Waals surface area contributed by atoms with Crippen LogP contribution in [0.2, 0.25) is 0 Å². The lowest BCUT2D eigenvalue weighted by Crippen LogP contribution is -2.06. The van der Waals surface area contributed by atoms with Crippen LogP contribution in [0.3, 0.4) is 0 Å². The maximum absolute atomic E-state index is 2.40. The highest BCUT2D eigenvalue weighted by molar-refractivity contribution is 4.63. The van der Waals surface area contributed by atoms with Gasteiger partial charge in [0.05, 0.1) is 0 Å². The molecule has 0 spiro atoms. The predicted molar refractivity (Wildman–Crippen MR) is 46.0 cm³/mol. The summed E-state index contributed by atoms with van der Waals surface area (Å²) in [6.07, 6.45) is 8.87. The van der Waals surface area contributed by atoms with Crippen LogP contribution < -0.4 is 0 Å². The van der Waals surface area contributed by atoms with E-state index >= 15 is 0 Å². The van der Waals surface area contributed by atoms with Crippen molar-refractivity contribution in [2.24, 2.45) is 11.8 Å². The average molecular weight is 140 g/mol. The zero-order valence-electron chi connectivity index (χ0n) is 7.40. The molecule has 0 heterocycles. The SMILES string of the molecule is C[C@@H]1CCCCC[C@H](C)C1. The molecular weight excluding hydrogens is 120 g/mol. The van der Waals surface area contributed by atoms with E-state index < -0.39 is 0 Å². The fourth-order valence-corrected chi connectivity index (χ4v) is 2.08. The van der Waals surface area contributed by atoms with E-state index in [9.17, 15) is 0 Å². The quantitative estimate of drug-likeness (QED) is 0.482. The average Bonchev–Trinajstić information content (AvgIpc) is 1.83. The maximum atomic E-state index is 2.40. The molecule has 60 valence electrons. The van der Waals surface area contributed by atoms with Crippen molar-refractivity contribution in [3.8, 4) is 0 Å². The van der Waals surface area contributed by atoms with Gasteiger partial charge in [0.1, 0.15) is 0 Å². The molecule has 0 heteroatoms. The standard InChI is InChI=1S/C10H20/c1-9-6-4-3-5-7-10(2)8-9/h9-10H,3-8H2,1-2H3/t9-,10+. The first kappa shape index (κ1) is 8.10. The van der Waals surface area contributed by atoms with E-state index in [1.165, 1.54) is 38.5 Å². The van der Waals surface area contributed by atoms with Crippen molar-refractivity contribution in [2.75, 3.05) is 0 Å². The minimum absolute atomic E-state index is 0.996. The third-order valence-corrected chi connectivity index (χ3v) is 2.70. The second-order valence-electron chi connectivity index (χ2n) is 4.08. The van der Waals surface area contributed by atoms with E-state index in [2.05, 4.69) is 13.8 Å². The van der Waals surface area contributed by atoms with Crippen LogP contribution in [0.4, 0.5) is 0 Å². The lowest BCUT2D eigenvalue weighted by molar-refractivity contribution is 0.329. The van der Waals surface area contributed by atoms with E-state index in [1.807, 2.05) is 0 Å². The second-order valence-corrected chi connectivity index (χ2v) is 4.08. The Morgan fingerprint density at radius 3 is 1.80 bits per heavy atom. The van der Waals surface area contributed by atoms with E-state index in [0.717, 1.165) is 11.8 Å². The maximum Gasteiger partial charge on any atom is -0.0440 e. The van der Waals surface area contributed by atoms with Crippen molar-refractivity contribution in [1.29, 1.82) is 0 Å². The van der Waals surface area contributed by atoms with Crippen molar-refractivity contribution in [3.63, 3.8) is 0 Å². The molecule has 0 N–H and O–H groups in total. The van der Waals surface area contributed by atoms with Gasteiger partial charge < -0.3 is 0 Å². The Morgan fingerprint density at radius 1 is 0.800 bits per heavy atom. The summed E-state index contributed by atoms with van der Waals surface area (Å²) in [6.45, 7) is 4.81. The molecule has 2 atom stereocenters. The van der Waals surface area contributed by atoms with Crippen LogP contribution in [-0.2, 0) is 0 Å². The van der Waals surface area contributed by atoms with Gasteiger partial charge in [-0.1, -0.05) is 46.0 Å². The van der Waals surface area contributed by atoms with Gasteiger partial charge in [-0.25, -0.2) is 0 Å². The Bertz CT molecular complexity index is 76.0. The molecule has 0 aromatic rings. The van der Waals surface area contributed by atoms with Gasteiger partial charge in [0.15, 0.2) is 0 Å². The summed E-state index contributed by atoms with van der Waals surface area (Å²) in [5.41, 5.74) is 0. The molecule has 0 saturated heterocycles. The first-order valence-corrected chi connectivity index (χ1v) is 4.79. The van der Waals surface area contributed by atoms with Gasteiger partial charge in [-0.3, -0.25) is 0 Å². The summed E-state index contributed by atoms with van der Waals surface area (Å²) in [6, 6.07) is 0. The van der Waals surface area contributed by atoms with Gasteiger partial charge in [0, 0.05) is 0 Å². The summed E-state index contributed by atoms with van der Waals surface area (Å²) in [5.74, 6) is 1.99. The van der Waals surface area contributed by atoms with E-state index in [-0.39, 0.29) is 0 Å². The third-order valence-electron chi connectivity index (χ3n) is 2.70. The topological polar surface area (TPSA) is 0 Å². The zero-order valence-corrected chi connectivity index (χ0v) is 7.40. The number of rotatable bonds is 0. The smallest absolute Gasteiger partial charge is 0.0440 e. The Balaban J connectivity index is 2.25. The van der Waals surface area contributed by atoms with Crippen molar-refractivity contribution in [1.82, 2.24) is 0 Å². The lowest BCUT2D eigenvalue weighted by atomic mass is 9.86. The highest BCUT2D eigenvalue weighted by Crippen LogP contribution is 2.25. The van der Waals surface area contributed by atoms with Crippen LogP contribution in [0.25, 0.3) is 0 Å². The molecule has 10 heavy (non-hydrogen) atoms. The van der Waals surface area contributed by atoms with E-state index in [4.69, 9.17) is 0 Å². The summed E-state index contributed by atoms with van der Waals surface area (Å²) < 4.78 is 0. The third kappa shape index (κ3) is 2.72. The molecule has 1 aliphatic rings. The molecule has 1 rings (SSSR count). The van der Waals surface area contributed by atoms with Gasteiger partial charge >= 0.3 is 0 Å². The first-order chi connectivity index (χ1) is 4.79.